The van der Waals surface area contributed by atoms with E-state index in [1.807, 2.05) is 18.2 Å². The number of aromatic nitrogens is 1. The molecule has 5 rings (SSSR count). The summed E-state index contributed by atoms with van der Waals surface area (Å²) >= 11 is 0. The molecule has 0 bridgehead atoms. The first-order chi connectivity index (χ1) is 15.5. The summed E-state index contributed by atoms with van der Waals surface area (Å²) in [6.07, 6.45) is 13.4. The number of pyridine rings is 1. The Kier molecular flexibility index (Phi) is 7.10. The van der Waals surface area contributed by atoms with Gasteiger partial charge in [0.2, 0.25) is 0 Å². The summed E-state index contributed by atoms with van der Waals surface area (Å²) in [6.45, 7) is 11.5. The van der Waals surface area contributed by atoms with E-state index in [1.54, 1.807) is 12.4 Å². The van der Waals surface area contributed by atoms with Gasteiger partial charge in [0.05, 0.1) is 6.10 Å². The van der Waals surface area contributed by atoms with Gasteiger partial charge in [0.1, 0.15) is 0 Å². The lowest BCUT2D eigenvalue weighted by Gasteiger charge is -2.61. The average Bonchev–Trinajstić information content (AvgIpc) is 3.12. The Balaban J connectivity index is 0.000000376. The summed E-state index contributed by atoms with van der Waals surface area (Å²) in [5.74, 6) is 3.59. The van der Waals surface area contributed by atoms with Crippen LogP contribution in [0.15, 0.2) is 42.7 Å². The van der Waals surface area contributed by atoms with Crippen LogP contribution in [0.3, 0.4) is 0 Å². The fourth-order valence-electron chi connectivity index (χ4n) is 8.60. The quantitative estimate of drug-likeness (QED) is 0.399. The van der Waals surface area contributed by atoms with E-state index in [0.717, 1.165) is 37.0 Å². The molecule has 1 aromatic heterocycles. The minimum absolute atomic E-state index is 0.296. The van der Waals surface area contributed by atoms with Crippen molar-refractivity contribution in [2.75, 3.05) is 0 Å². The molecule has 0 amide bonds. The molecule has 0 saturated heterocycles. The Hall–Kier alpha value is -1.24. The molecule has 184 valence electrons. The van der Waals surface area contributed by atoms with E-state index < -0.39 is 10.4 Å². The number of allylic oxidation sites excluding steroid dienone is 1. The predicted octanol–water partition coefficient (Wildman–Crippen LogP) is 6.49. The van der Waals surface area contributed by atoms with Crippen molar-refractivity contribution in [3.05, 3.63) is 42.7 Å². The first-order valence-corrected chi connectivity index (χ1v) is 14.1. The zero-order valence-corrected chi connectivity index (χ0v) is 21.3. The minimum Gasteiger partial charge on any atom is -0.265 e. The number of hydrogen-bond acceptors (Lipinski definition) is 4. The molecule has 4 saturated carbocycles. The van der Waals surface area contributed by atoms with Crippen LogP contribution >= 0.6 is 0 Å². The number of nitrogens with zero attached hydrogens (tertiary/aromatic N) is 1. The van der Waals surface area contributed by atoms with Crippen molar-refractivity contribution in [3.63, 3.8) is 0 Å². The Morgan fingerprint density at radius 1 is 0.970 bits per heavy atom. The van der Waals surface area contributed by atoms with Crippen LogP contribution in [0.1, 0.15) is 78.6 Å². The van der Waals surface area contributed by atoms with Gasteiger partial charge in [0, 0.05) is 12.4 Å². The molecule has 5 nitrogen and oxygen atoms in total. The summed E-state index contributed by atoms with van der Waals surface area (Å²) in [5, 5.41) is 0. The second-order valence-corrected chi connectivity index (χ2v) is 12.7. The number of rotatable bonds is 3. The van der Waals surface area contributed by atoms with Gasteiger partial charge < -0.3 is 0 Å². The van der Waals surface area contributed by atoms with E-state index in [-0.39, 0.29) is 6.10 Å². The molecule has 0 spiro atoms. The molecule has 4 aliphatic rings. The standard InChI is InChI=1S/C22H36O4S.C5H5N/c1-14(2)18-7-8-19-17-6-5-15-13-16(26-27(23,24)25)9-11-21(15,3)20(17)10-12-22(18,19)4;1-2-4-6-5-3-1/h15-20H,1,5-13H2,2-4H3,(H,23,24,25);1-5H/t15-,16-,17+,18-,19+,20+,21+,22-;/m1./s1. The SMILES string of the molecule is C=C(C)[C@H]1CC[C@H]2[C@@H]3CC[C@@H]4C[C@H](OS(=O)(=O)O)CC[C@]4(C)[C@H]3CC[C@]12C.c1ccncc1. The molecule has 6 heteroatoms. The molecule has 1 heterocycles. The highest BCUT2D eigenvalue weighted by Gasteiger charge is 2.60. The van der Waals surface area contributed by atoms with E-state index in [0.29, 0.717) is 22.7 Å². The van der Waals surface area contributed by atoms with Crippen molar-refractivity contribution in [2.24, 2.45) is 40.4 Å². The number of fused-ring (bicyclic) bond motifs is 5. The van der Waals surface area contributed by atoms with Gasteiger partial charge in [0.25, 0.3) is 0 Å². The van der Waals surface area contributed by atoms with Gasteiger partial charge in [0.15, 0.2) is 0 Å². The van der Waals surface area contributed by atoms with Crippen molar-refractivity contribution < 1.29 is 17.2 Å². The maximum absolute atomic E-state index is 11.1. The zero-order chi connectivity index (χ0) is 23.9. The van der Waals surface area contributed by atoms with Gasteiger partial charge in [-0.2, -0.15) is 8.42 Å². The second kappa shape index (κ2) is 9.43. The summed E-state index contributed by atoms with van der Waals surface area (Å²) in [6, 6.07) is 5.72. The molecule has 8 atom stereocenters. The smallest absolute Gasteiger partial charge is 0.265 e. The van der Waals surface area contributed by atoms with Gasteiger partial charge in [-0.05, 0) is 117 Å². The lowest BCUT2D eigenvalue weighted by Crippen LogP contribution is -2.54. The van der Waals surface area contributed by atoms with E-state index in [9.17, 15) is 8.42 Å². The lowest BCUT2D eigenvalue weighted by molar-refractivity contribution is -0.122. The van der Waals surface area contributed by atoms with Gasteiger partial charge in [-0.25, -0.2) is 4.18 Å². The maximum Gasteiger partial charge on any atom is 0.397 e. The van der Waals surface area contributed by atoms with Crippen LogP contribution in [0, 0.1) is 40.4 Å². The first-order valence-electron chi connectivity index (χ1n) is 12.7. The third-order valence-electron chi connectivity index (χ3n) is 10.0. The van der Waals surface area contributed by atoms with Crippen LogP contribution in [0.5, 0.6) is 0 Å². The summed E-state index contributed by atoms with van der Waals surface area (Å²) < 4.78 is 36.3. The van der Waals surface area contributed by atoms with Crippen molar-refractivity contribution in [1.82, 2.24) is 4.98 Å². The van der Waals surface area contributed by atoms with Crippen molar-refractivity contribution in [1.29, 1.82) is 0 Å². The third-order valence-corrected chi connectivity index (χ3v) is 10.6. The highest BCUT2D eigenvalue weighted by molar-refractivity contribution is 7.80. The van der Waals surface area contributed by atoms with E-state index in [4.69, 9.17) is 8.74 Å². The maximum atomic E-state index is 11.1. The Morgan fingerprint density at radius 3 is 2.21 bits per heavy atom. The minimum atomic E-state index is -4.35. The molecule has 0 unspecified atom stereocenters. The normalized spacial score (nSPS) is 42.2. The molecule has 33 heavy (non-hydrogen) atoms. The van der Waals surface area contributed by atoms with Gasteiger partial charge in [-0.15, -0.1) is 0 Å². The van der Waals surface area contributed by atoms with Crippen LogP contribution in [0.2, 0.25) is 0 Å². The molecule has 1 N–H and O–H groups in total. The van der Waals surface area contributed by atoms with Crippen LogP contribution in [-0.2, 0) is 14.6 Å². The van der Waals surface area contributed by atoms with Crippen LogP contribution in [-0.4, -0.2) is 24.1 Å². The van der Waals surface area contributed by atoms with E-state index in [2.05, 4.69) is 32.3 Å². The molecule has 0 aliphatic heterocycles. The third kappa shape index (κ3) is 4.94. The molecule has 0 radical (unpaired) electrons. The number of hydrogen-bond donors (Lipinski definition) is 1. The zero-order valence-electron chi connectivity index (χ0n) is 20.4. The van der Waals surface area contributed by atoms with Gasteiger partial charge >= 0.3 is 10.4 Å². The van der Waals surface area contributed by atoms with E-state index >= 15 is 0 Å². The van der Waals surface area contributed by atoms with Gasteiger partial charge in [-0.1, -0.05) is 32.1 Å². The summed E-state index contributed by atoms with van der Waals surface area (Å²) in [7, 11) is -4.35. The molecular formula is C27H41NO4S. The van der Waals surface area contributed by atoms with E-state index in [1.165, 1.54) is 44.1 Å². The monoisotopic (exact) mass is 475 g/mol. The predicted molar refractivity (Wildman–Crippen MR) is 131 cm³/mol. The van der Waals surface area contributed by atoms with Crippen molar-refractivity contribution >= 4 is 10.4 Å². The fourth-order valence-corrected chi connectivity index (χ4v) is 9.12. The molecule has 1 aromatic rings. The van der Waals surface area contributed by atoms with Gasteiger partial charge in [-0.3, -0.25) is 9.54 Å². The highest BCUT2D eigenvalue weighted by Crippen LogP contribution is 2.68. The largest absolute Gasteiger partial charge is 0.397 e. The van der Waals surface area contributed by atoms with Crippen LogP contribution < -0.4 is 0 Å². The topological polar surface area (TPSA) is 76.5 Å². The molecule has 4 aliphatic carbocycles. The van der Waals surface area contributed by atoms with Crippen LogP contribution in [0.4, 0.5) is 0 Å². The molecule has 0 aromatic carbocycles. The Bertz CT molecular complexity index is 908. The molecular weight excluding hydrogens is 434 g/mol. The van der Waals surface area contributed by atoms with Crippen molar-refractivity contribution in [2.45, 2.75) is 84.7 Å². The highest BCUT2D eigenvalue weighted by atomic mass is 32.3. The average molecular weight is 476 g/mol. The first kappa shape index (κ1) is 24.9. The van der Waals surface area contributed by atoms with Crippen LogP contribution in [0.25, 0.3) is 0 Å². The Morgan fingerprint density at radius 2 is 1.64 bits per heavy atom. The van der Waals surface area contributed by atoms with Crippen molar-refractivity contribution in [3.8, 4) is 0 Å². The summed E-state index contributed by atoms with van der Waals surface area (Å²) in [5.41, 5.74) is 2.10. The lowest BCUT2D eigenvalue weighted by atomic mass is 9.44. The summed E-state index contributed by atoms with van der Waals surface area (Å²) in [4.78, 5) is 3.78. The second-order valence-electron chi connectivity index (χ2n) is 11.6. The fraction of sp³-hybridized carbons (Fsp3) is 0.741. The molecule has 4 fully saturated rings. The Labute approximate surface area is 200 Å².